The molecule has 5 nitrogen and oxygen atoms in total. The molecule has 2 atom stereocenters. The quantitative estimate of drug-likeness (QED) is 0.847. The SMILES string of the molecule is O=C1NCN(c2ccc(Cl)cc2)C12CCN([C@@H]1CCCC[C@H]1O)CC2. The molecule has 3 aliphatic rings. The number of halogens is 1. The molecule has 1 aromatic rings. The van der Waals surface area contributed by atoms with E-state index in [4.69, 9.17) is 11.6 Å². The van der Waals surface area contributed by atoms with Gasteiger partial charge in [0.15, 0.2) is 0 Å². The van der Waals surface area contributed by atoms with Crippen LogP contribution in [0.4, 0.5) is 5.69 Å². The van der Waals surface area contributed by atoms with Gasteiger partial charge in [-0.25, -0.2) is 0 Å². The Labute approximate surface area is 153 Å². The average Bonchev–Trinajstić information content (AvgIpc) is 2.94. The molecular formula is C19H26ClN3O2. The summed E-state index contributed by atoms with van der Waals surface area (Å²) in [6.07, 6.45) is 5.68. The smallest absolute Gasteiger partial charge is 0.247 e. The van der Waals surface area contributed by atoms with Crippen molar-refractivity contribution in [3.05, 3.63) is 29.3 Å². The molecule has 2 aliphatic heterocycles. The standard InChI is InChI=1S/C19H26ClN3O2/c20-14-5-7-15(8-6-14)23-13-21-18(25)19(23)9-11-22(12-10-19)16-3-1-2-4-17(16)24/h5-8,16-17,24H,1-4,9-13H2,(H,21,25)/t16-,17-/m1/s1. The van der Waals surface area contributed by atoms with Crippen LogP contribution >= 0.6 is 11.6 Å². The second-order valence-electron chi connectivity index (χ2n) is 7.56. The molecule has 1 aliphatic carbocycles. The first-order valence-corrected chi connectivity index (χ1v) is 9.72. The van der Waals surface area contributed by atoms with Crippen LogP contribution in [0.3, 0.4) is 0 Å². The lowest BCUT2D eigenvalue weighted by atomic mass is 9.83. The van der Waals surface area contributed by atoms with E-state index in [1.165, 1.54) is 6.42 Å². The molecule has 2 saturated heterocycles. The molecule has 2 heterocycles. The fourth-order valence-corrected chi connectivity index (χ4v) is 4.91. The van der Waals surface area contributed by atoms with Crippen LogP contribution in [-0.4, -0.2) is 53.4 Å². The molecule has 0 aromatic heterocycles. The molecular weight excluding hydrogens is 338 g/mol. The summed E-state index contributed by atoms with van der Waals surface area (Å²) in [6.45, 7) is 2.27. The van der Waals surface area contributed by atoms with Gasteiger partial charge in [0.2, 0.25) is 5.91 Å². The largest absolute Gasteiger partial charge is 0.391 e. The van der Waals surface area contributed by atoms with Gasteiger partial charge in [0, 0.05) is 29.8 Å². The Balaban J connectivity index is 1.51. The normalized spacial score (nSPS) is 29.8. The van der Waals surface area contributed by atoms with Crippen molar-refractivity contribution in [1.29, 1.82) is 0 Å². The van der Waals surface area contributed by atoms with Crippen LogP contribution in [0.15, 0.2) is 24.3 Å². The van der Waals surface area contributed by atoms with E-state index in [0.717, 1.165) is 50.9 Å². The highest BCUT2D eigenvalue weighted by Gasteiger charge is 2.51. The predicted octanol–water partition coefficient (Wildman–Crippen LogP) is 2.37. The predicted molar refractivity (Wildman–Crippen MR) is 98.7 cm³/mol. The highest BCUT2D eigenvalue weighted by Crippen LogP contribution is 2.38. The zero-order valence-corrected chi connectivity index (χ0v) is 15.2. The molecule has 1 amide bonds. The molecule has 0 unspecified atom stereocenters. The number of piperidine rings is 1. The topological polar surface area (TPSA) is 55.8 Å². The van der Waals surface area contributed by atoms with Gasteiger partial charge in [-0.3, -0.25) is 9.69 Å². The molecule has 0 radical (unpaired) electrons. The summed E-state index contributed by atoms with van der Waals surface area (Å²) >= 11 is 6.01. The van der Waals surface area contributed by atoms with E-state index >= 15 is 0 Å². The number of likely N-dealkylation sites (tertiary alicyclic amines) is 1. The van der Waals surface area contributed by atoms with Crippen LogP contribution in [-0.2, 0) is 4.79 Å². The average molecular weight is 364 g/mol. The van der Waals surface area contributed by atoms with Crippen LogP contribution < -0.4 is 10.2 Å². The molecule has 0 bridgehead atoms. The first-order chi connectivity index (χ1) is 12.1. The number of amides is 1. The fourth-order valence-electron chi connectivity index (χ4n) is 4.79. The summed E-state index contributed by atoms with van der Waals surface area (Å²) in [5.74, 6) is 0.131. The minimum absolute atomic E-state index is 0.131. The number of aliphatic hydroxyl groups is 1. The Morgan fingerprint density at radius 1 is 1.12 bits per heavy atom. The van der Waals surface area contributed by atoms with E-state index in [0.29, 0.717) is 11.7 Å². The van der Waals surface area contributed by atoms with Crippen molar-refractivity contribution in [2.45, 2.75) is 56.2 Å². The third kappa shape index (κ3) is 3.03. The van der Waals surface area contributed by atoms with Crippen LogP contribution in [0, 0.1) is 0 Å². The van der Waals surface area contributed by atoms with Gasteiger partial charge in [0.1, 0.15) is 5.54 Å². The number of benzene rings is 1. The monoisotopic (exact) mass is 363 g/mol. The Kier molecular flexibility index (Phi) is 4.65. The van der Waals surface area contributed by atoms with Gasteiger partial charge < -0.3 is 15.3 Å². The van der Waals surface area contributed by atoms with Gasteiger partial charge in [0.25, 0.3) is 0 Å². The minimum atomic E-state index is -0.468. The third-order valence-electron chi connectivity index (χ3n) is 6.26. The van der Waals surface area contributed by atoms with Crippen molar-refractivity contribution >= 4 is 23.2 Å². The molecule has 4 rings (SSSR count). The first-order valence-electron chi connectivity index (χ1n) is 9.34. The maximum absolute atomic E-state index is 12.7. The number of hydrogen-bond acceptors (Lipinski definition) is 4. The summed E-state index contributed by atoms with van der Waals surface area (Å²) in [4.78, 5) is 17.3. The van der Waals surface area contributed by atoms with E-state index in [1.54, 1.807) is 0 Å². The molecule has 3 fully saturated rings. The Hall–Kier alpha value is -1.30. The van der Waals surface area contributed by atoms with Gasteiger partial charge in [-0.2, -0.15) is 0 Å². The maximum atomic E-state index is 12.7. The molecule has 1 aromatic carbocycles. The number of carbonyl (C=O) groups is 1. The van der Waals surface area contributed by atoms with Crippen molar-refractivity contribution in [2.75, 3.05) is 24.7 Å². The van der Waals surface area contributed by atoms with E-state index in [9.17, 15) is 9.90 Å². The van der Waals surface area contributed by atoms with Crippen molar-refractivity contribution in [3.8, 4) is 0 Å². The van der Waals surface area contributed by atoms with Crippen molar-refractivity contribution in [3.63, 3.8) is 0 Å². The van der Waals surface area contributed by atoms with Crippen LogP contribution in [0.5, 0.6) is 0 Å². The van der Waals surface area contributed by atoms with Crippen molar-refractivity contribution in [2.24, 2.45) is 0 Å². The highest BCUT2D eigenvalue weighted by molar-refractivity contribution is 6.30. The minimum Gasteiger partial charge on any atom is -0.391 e. The van der Waals surface area contributed by atoms with E-state index < -0.39 is 5.54 Å². The Bertz CT molecular complexity index is 628. The number of aliphatic hydroxyl groups excluding tert-OH is 1. The van der Waals surface area contributed by atoms with Crippen molar-refractivity contribution in [1.82, 2.24) is 10.2 Å². The second kappa shape index (κ2) is 6.78. The van der Waals surface area contributed by atoms with Crippen LogP contribution in [0.25, 0.3) is 0 Å². The van der Waals surface area contributed by atoms with Crippen LogP contribution in [0.1, 0.15) is 38.5 Å². The molecule has 1 saturated carbocycles. The number of nitrogens with one attached hydrogen (secondary N) is 1. The molecule has 2 N–H and O–H groups in total. The highest BCUT2D eigenvalue weighted by atomic mass is 35.5. The van der Waals surface area contributed by atoms with Gasteiger partial charge in [-0.05, 0) is 49.9 Å². The van der Waals surface area contributed by atoms with Gasteiger partial charge in [-0.15, -0.1) is 0 Å². The Morgan fingerprint density at radius 3 is 2.48 bits per heavy atom. The van der Waals surface area contributed by atoms with E-state index in [1.807, 2.05) is 24.3 Å². The first kappa shape index (κ1) is 17.1. The third-order valence-corrected chi connectivity index (χ3v) is 6.52. The van der Waals surface area contributed by atoms with Gasteiger partial charge in [0.05, 0.1) is 12.8 Å². The van der Waals surface area contributed by atoms with Gasteiger partial charge >= 0.3 is 0 Å². The van der Waals surface area contributed by atoms with Crippen molar-refractivity contribution < 1.29 is 9.90 Å². The van der Waals surface area contributed by atoms with Gasteiger partial charge in [-0.1, -0.05) is 24.4 Å². The molecule has 6 heteroatoms. The summed E-state index contributed by atoms with van der Waals surface area (Å²) < 4.78 is 0. The Morgan fingerprint density at radius 2 is 1.80 bits per heavy atom. The van der Waals surface area contributed by atoms with E-state index in [-0.39, 0.29) is 18.1 Å². The zero-order valence-electron chi connectivity index (χ0n) is 14.5. The number of hydrogen-bond donors (Lipinski definition) is 2. The molecule has 25 heavy (non-hydrogen) atoms. The summed E-state index contributed by atoms with van der Waals surface area (Å²) in [5.41, 5.74) is 0.568. The lowest BCUT2D eigenvalue weighted by Crippen LogP contribution is -2.59. The maximum Gasteiger partial charge on any atom is 0.247 e. The number of carbonyl (C=O) groups excluding carboxylic acids is 1. The second-order valence-corrected chi connectivity index (χ2v) is 7.99. The summed E-state index contributed by atoms with van der Waals surface area (Å²) in [6, 6.07) is 7.99. The number of anilines is 1. The lowest BCUT2D eigenvalue weighted by Gasteiger charge is -2.47. The lowest BCUT2D eigenvalue weighted by molar-refractivity contribution is -0.125. The summed E-state index contributed by atoms with van der Waals surface area (Å²) in [5, 5.41) is 14.1. The van der Waals surface area contributed by atoms with E-state index in [2.05, 4.69) is 15.1 Å². The zero-order chi connectivity index (χ0) is 17.4. The molecule has 136 valence electrons. The number of rotatable bonds is 2. The number of nitrogens with zero attached hydrogens (tertiary/aromatic N) is 2. The molecule has 1 spiro atoms. The summed E-state index contributed by atoms with van der Waals surface area (Å²) in [7, 11) is 0. The fraction of sp³-hybridized carbons (Fsp3) is 0.632. The van der Waals surface area contributed by atoms with Crippen LogP contribution in [0.2, 0.25) is 5.02 Å².